The first kappa shape index (κ1) is 8.15. The quantitative estimate of drug-likeness (QED) is 0.577. The third-order valence-corrected chi connectivity index (χ3v) is 2.13. The normalized spacial score (nSPS) is 17.9. The standard InChI is InChI=1S/C7H11N5O/c1-11-7(8-9-10-11)12-4-2-3-6(13)5-12/h2-5H2,1H3. The number of aromatic nitrogens is 4. The molecule has 70 valence electrons. The van der Waals surface area contributed by atoms with Crippen molar-refractivity contribution in [3.8, 4) is 0 Å². The summed E-state index contributed by atoms with van der Waals surface area (Å²) in [7, 11) is 1.77. The number of rotatable bonds is 1. The fourth-order valence-corrected chi connectivity index (χ4v) is 1.50. The summed E-state index contributed by atoms with van der Waals surface area (Å²) < 4.78 is 1.58. The Bertz CT molecular complexity index is 320. The molecule has 1 fully saturated rings. The molecule has 0 aromatic carbocycles. The summed E-state index contributed by atoms with van der Waals surface area (Å²) in [5, 5.41) is 11.1. The minimum atomic E-state index is 0.259. The lowest BCUT2D eigenvalue weighted by molar-refractivity contribution is -0.118. The molecule has 6 heteroatoms. The third kappa shape index (κ3) is 1.51. The molecule has 1 aliphatic heterocycles. The highest BCUT2D eigenvalue weighted by Crippen LogP contribution is 2.12. The van der Waals surface area contributed by atoms with E-state index < -0.39 is 0 Å². The van der Waals surface area contributed by atoms with Crippen LogP contribution in [0.25, 0.3) is 0 Å². The highest BCUT2D eigenvalue weighted by atomic mass is 16.1. The summed E-state index contributed by atoms with van der Waals surface area (Å²) in [4.78, 5) is 13.1. The van der Waals surface area contributed by atoms with Gasteiger partial charge >= 0.3 is 0 Å². The Morgan fingerprint density at radius 1 is 1.46 bits per heavy atom. The molecule has 0 radical (unpaired) electrons. The molecular weight excluding hydrogens is 170 g/mol. The summed E-state index contributed by atoms with van der Waals surface area (Å²) in [5.74, 6) is 0.933. The number of carbonyl (C=O) groups excluding carboxylic acids is 1. The van der Waals surface area contributed by atoms with Crippen molar-refractivity contribution in [3.05, 3.63) is 0 Å². The number of aryl methyl sites for hydroxylation is 1. The fourth-order valence-electron chi connectivity index (χ4n) is 1.50. The molecule has 0 spiro atoms. The van der Waals surface area contributed by atoms with E-state index in [9.17, 15) is 4.79 Å². The van der Waals surface area contributed by atoms with Gasteiger partial charge in [0.1, 0.15) is 0 Å². The van der Waals surface area contributed by atoms with E-state index in [0.717, 1.165) is 13.0 Å². The van der Waals surface area contributed by atoms with Crippen LogP contribution in [0.4, 0.5) is 5.95 Å². The largest absolute Gasteiger partial charge is 0.332 e. The summed E-state index contributed by atoms with van der Waals surface area (Å²) in [5.41, 5.74) is 0. The molecule has 0 atom stereocenters. The second kappa shape index (κ2) is 3.12. The van der Waals surface area contributed by atoms with Crippen molar-refractivity contribution in [2.75, 3.05) is 18.0 Å². The van der Waals surface area contributed by atoms with Crippen molar-refractivity contribution in [3.63, 3.8) is 0 Å². The van der Waals surface area contributed by atoms with E-state index in [1.54, 1.807) is 11.7 Å². The molecule has 0 bridgehead atoms. The van der Waals surface area contributed by atoms with Crippen molar-refractivity contribution < 1.29 is 4.79 Å². The van der Waals surface area contributed by atoms with Crippen LogP contribution in [-0.4, -0.2) is 39.1 Å². The number of anilines is 1. The maximum Gasteiger partial charge on any atom is 0.245 e. The molecular formula is C7H11N5O. The van der Waals surface area contributed by atoms with E-state index in [4.69, 9.17) is 0 Å². The Kier molecular flexibility index (Phi) is 1.96. The molecule has 1 aromatic rings. The molecule has 0 amide bonds. The predicted molar refractivity (Wildman–Crippen MR) is 45.3 cm³/mol. The molecule has 0 aliphatic carbocycles. The van der Waals surface area contributed by atoms with Gasteiger partial charge in [-0.1, -0.05) is 5.10 Å². The number of carbonyl (C=O) groups is 1. The molecule has 0 N–H and O–H groups in total. The van der Waals surface area contributed by atoms with Crippen molar-refractivity contribution in [2.45, 2.75) is 12.8 Å². The third-order valence-electron chi connectivity index (χ3n) is 2.13. The van der Waals surface area contributed by atoms with Crippen LogP contribution in [0.1, 0.15) is 12.8 Å². The zero-order chi connectivity index (χ0) is 9.26. The molecule has 1 aromatic heterocycles. The van der Waals surface area contributed by atoms with Crippen LogP contribution in [0.5, 0.6) is 0 Å². The summed E-state index contributed by atoms with van der Waals surface area (Å²) >= 11 is 0. The average molecular weight is 181 g/mol. The maximum absolute atomic E-state index is 11.2. The highest BCUT2D eigenvalue weighted by molar-refractivity contribution is 5.84. The smallest absolute Gasteiger partial charge is 0.245 e. The first-order valence-corrected chi connectivity index (χ1v) is 4.26. The van der Waals surface area contributed by atoms with Gasteiger partial charge < -0.3 is 4.90 Å². The van der Waals surface area contributed by atoms with Crippen LogP contribution in [0.2, 0.25) is 0 Å². The van der Waals surface area contributed by atoms with Gasteiger partial charge in [0.05, 0.1) is 6.54 Å². The average Bonchev–Trinajstić information content (AvgIpc) is 2.51. The molecule has 1 aliphatic rings. The van der Waals surface area contributed by atoms with Crippen LogP contribution >= 0.6 is 0 Å². The second-order valence-corrected chi connectivity index (χ2v) is 3.17. The number of ketones is 1. The van der Waals surface area contributed by atoms with Gasteiger partial charge in [-0.05, 0) is 16.8 Å². The zero-order valence-corrected chi connectivity index (χ0v) is 7.47. The van der Waals surface area contributed by atoms with Crippen molar-refractivity contribution in [2.24, 2.45) is 7.05 Å². The first-order valence-electron chi connectivity index (χ1n) is 4.26. The van der Waals surface area contributed by atoms with Crippen molar-refractivity contribution in [1.82, 2.24) is 20.2 Å². The van der Waals surface area contributed by atoms with Gasteiger partial charge in [-0.2, -0.15) is 0 Å². The fraction of sp³-hybridized carbons (Fsp3) is 0.714. The lowest BCUT2D eigenvalue weighted by Gasteiger charge is -2.25. The van der Waals surface area contributed by atoms with Gasteiger partial charge in [0, 0.05) is 20.0 Å². The molecule has 13 heavy (non-hydrogen) atoms. The highest BCUT2D eigenvalue weighted by Gasteiger charge is 2.20. The molecule has 6 nitrogen and oxygen atoms in total. The van der Waals surface area contributed by atoms with Crippen LogP contribution in [0.15, 0.2) is 0 Å². The minimum absolute atomic E-state index is 0.259. The van der Waals surface area contributed by atoms with Crippen LogP contribution < -0.4 is 4.90 Å². The van der Waals surface area contributed by atoms with Gasteiger partial charge in [0.25, 0.3) is 0 Å². The van der Waals surface area contributed by atoms with Gasteiger partial charge in [0.2, 0.25) is 5.95 Å². The number of piperidine rings is 1. The molecule has 0 unspecified atom stereocenters. The lowest BCUT2D eigenvalue weighted by atomic mass is 10.1. The van der Waals surface area contributed by atoms with E-state index >= 15 is 0 Å². The molecule has 1 saturated heterocycles. The SMILES string of the molecule is Cn1nnnc1N1CCCC(=O)C1. The summed E-state index contributed by atoms with van der Waals surface area (Å²) in [6, 6.07) is 0. The lowest BCUT2D eigenvalue weighted by Crippen LogP contribution is -2.37. The number of nitrogens with zero attached hydrogens (tertiary/aromatic N) is 5. The molecule has 2 rings (SSSR count). The summed E-state index contributed by atoms with van der Waals surface area (Å²) in [6.07, 6.45) is 1.58. The Labute approximate surface area is 75.5 Å². The van der Waals surface area contributed by atoms with Crippen LogP contribution in [0, 0.1) is 0 Å². The van der Waals surface area contributed by atoms with Gasteiger partial charge in [0.15, 0.2) is 5.78 Å². The number of hydrogen-bond donors (Lipinski definition) is 0. The van der Waals surface area contributed by atoms with E-state index in [-0.39, 0.29) is 5.78 Å². The predicted octanol–water partition coefficient (Wildman–Crippen LogP) is -0.621. The Hall–Kier alpha value is -1.46. The first-order chi connectivity index (χ1) is 6.27. The Morgan fingerprint density at radius 2 is 2.31 bits per heavy atom. The van der Waals surface area contributed by atoms with Crippen LogP contribution in [-0.2, 0) is 11.8 Å². The van der Waals surface area contributed by atoms with E-state index in [0.29, 0.717) is 18.9 Å². The Balaban J connectivity index is 2.17. The monoisotopic (exact) mass is 181 g/mol. The van der Waals surface area contributed by atoms with Crippen molar-refractivity contribution >= 4 is 11.7 Å². The van der Waals surface area contributed by atoms with Gasteiger partial charge in [-0.3, -0.25) is 4.79 Å². The van der Waals surface area contributed by atoms with E-state index in [1.165, 1.54) is 0 Å². The molecule has 2 heterocycles. The van der Waals surface area contributed by atoms with Gasteiger partial charge in [-0.25, -0.2) is 4.68 Å². The number of hydrogen-bond acceptors (Lipinski definition) is 5. The minimum Gasteiger partial charge on any atom is -0.332 e. The topological polar surface area (TPSA) is 63.9 Å². The molecule has 0 saturated carbocycles. The van der Waals surface area contributed by atoms with E-state index in [1.807, 2.05) is 4.90 Å². The number of Topliss-reactive ketones (excluding diaryl/α,β-unsaturated/α-hetero) is 1. The van der Waals surface area contributed by atoms with E-state index in [2.05, 4.69) is 15.5 Å². The Morgan fingerprint density at radius 3 is 2.92 bits per heavy atom. The summed E-state index contributed by atoms with van der Waals surface area (Å²) in [6.45, 7) is 1.30. The maximum atomic E-state index is 11.2. The van der Waals surface area contributed by atoms with Crippen molar-refractivity contribution in [1.29, 1.82) is 0 Å². The zero-order valence-electron chi connectivity index (χ0n) is 7.47. The second-order valence-electron chi connectivity index (χ2n) is 3.17. The number of tetrazole rings is 1. The van der Waals surface area contributed by atoms with Gasteiger partial charge in [-0.15, -0.1) is 0 Å². The van der Waals surface area contributed by atoms with Crippen LogP contribution in [0.3, 0.4) is 0 Å².